The molecule has 12 heavy (non-hydrogen) atoms. The van der Waals surface area contributed by atoms with Crippen molar-refractivity contribution in [2.75, 3.05) is 19.6 Å². The van der Waals surface area contributed by atoms with E-state index in [1.54, 1.807) is 0 Å². The number of rotatable bonds is 3. The molecule has 0 aromatic rings. The van der Waals surface area contributed by atoms with Crippen LogP contribution in [0.1, 0.15) is 33.1 Å². The van der Waals surface area contributed by atoms with Gasteiger partial charge in [0, 0.05) is 19.1 Å². The summed E-state index contributed by atoms with van der Waals surface area (Å²) in [4.78, 5) is 2.52. The second kappa shape index (κ2) is 4.83. The van der Waals surface area contributed by atoms with Gasteiger partial charge in [0.05, 0.1) is 0 Å². The highest BCUT2D eigenvalue weighted by Crippen LogP contribution is 2.18. The molecule has 0 bridgehead atoms. The summed E-state index contributed by atoms with van der Waals surface area (Å²) in [7, 11) is 0. The lowest BCUT2D eigenvalue weighted by atomic mass is 9.92. The van der Waals surface area contributed by atoms with Crippen molar-refractivity contribution in [3.63, 3.8) is 0 Å². The van der Waals surface area contributed by atoms with E-state index in [1.807, 2.05) is 0 Å². The Morgan fingerprint density at radius 1 is 1.33 bits per heavy atom. The average Bonchev–Trinajstić information content (AvgIpc) is 2.04. The van der Waals surface area contributed by atoms with Crippen LogP contribution in [0.4, 0.5) is 0 Å². The molecule has 1 heterocycles. The topological polar surface area (TPSA) is 29.3 Å². The summed E-state index contributed by atoms with van der Waals surface area (Å²) in [6, 6.07) is 0.426. The molecular formula is C10H22N2. The molecule has 0 saturated carbocycles. The Kier molecular flexibility index (Phi) is 4.02. The van der Waals surface area contributed by atoms with Gasteiger partial charge in [0.1, 0.15) is 0 Å². The number of likely N-dealkylation sites (tertiary alicyclic amines) is 1. The van der Waals surface area contributed by atoms with E-state index < -0.39 is 0 Å². The summed E-state index contributed by atoms with van der Waals surface area (Å²) in [5.41, 5.74) is 5.98. The van der Waals surface area contributed by atoms with E-state index in [0.29, 0.717) is 6.04 Å². The fourth-order valence-corrected chi connectivity index (χ4v) is 2.14. The standard InChI is InChI=1S/C10H22N2/c1-3-5-12-7-9(4-2)6-10(11)8-12/h9-10H,3-8,11H2,1-2H3. The van der Waals surface area contributed by atoms with Gasteiger partial charge in [0.25, 0.3) is 0 Å². The van der Waals surface area contributed by atoms with Crippen LogP contribution >= 0.6 is 0 Å². The van der Waals surface area contributed by atoms with Crippen LogP contribution in [0.3, 0.4) is 0 Å². The van der Waals surface area contributed by atoms with Crippen LogP contribution in [0.25, 0.3) is 0 Å². The second-order valence-corrected chi connectivity index (χ2v) is 4.03. The van der Waals surface area contributed by atoms with E-state index in [-0.39, 0.29) is 0 Å². The predicted molar refractivity (Wildman–Crippen MR) is 53.1 cm³/mol. The zero-order valence-electron chi connectivity index (χ0n) is 8.42. The number of nitrogens with two attached hydrogens (primary N) is 1. The van der Waals surface area contributed by atoms with Crippen LogP contribution in [-0.4, -0.2) is 30.6 Å². The monoisotopic (exact) mass is 170 g/mol. The van der Waals surface area contributed by atoms with Crippen molar-refractivity contribution < 1.29 is 0 Å². The van der Waals surface area contributed by atoms with E-state index in [0.717, 1.165) is 12.5 Å². The quantitative estimate of drug-likeness (QED) is 0.694. The number of piperidine rings is 1. The number of hydrogen-bond acceptors (Lipinski definition) is 2. The molecule has 0 aromatic carbocycles. The van der Waals surface area contributed by atoms with Crippen molar-refractivity contribution in [2.24, 2.45) is 11.7 Å². The molecule has 2 nitrogen and oxygen atoms in total. The van der Waals surface area contributed by atoms with Gasteiger partial charge in [0.15, 0.2) is 0 Å². The van der Waals surface area contributed by atoms with Crippen LogP contribution in [0.5, 0.6) is 0 Å². The Bertz CT molecular complexity index is 125. The van der Waals surface area contributed by atoms with Crippen molar-refractivity contribution in [3.8, 4) is 0 Å². The highest BCUT2D eigenvalue weighted by Gasteiger charge is 2.22. The van der Waals surface area contributed by atoms with Gasteiger partial charge >= 0.3 is 0 Å². The largest absolute Gasteiger partial charge is 0.327 e. The first kappa shape index (κ1) is 10.0. The van der Waals surface area contributed by atoms with E-state index >= 15 is 0 Å². The Morgan fingerprint density at radius 2 is 2.08 bits per heavy atom. The van der Waals surface area contributed by atoms with Gasteiger partial charge in [-0.05, 0) is 25.3 Å². The van der Waals surface area contributed by atoms with Crippen molar-refractivity contribution in [1.29, 1.82) is 0 Å². The van der Waals surface area contributed by atoms with Gasteiger partial charge in [-0.25, -0.2) is 0 Å². The molecule has 72 valence electrons. The average molecular weight is 170 g/mol. The van der Waals surface area contributed by atoms with E-state index in [4.69, 9.17) is 5.73 Å². The molecular weight excluding hydrogens is 148 g/mol. The van der Waals surface area contributed by atoms with E-state index in [1.165, 1.54) is 32.4 Å². The molecule has 0 spiro atoms. The molecule has 1 rings (SSSR count). The molecule has 2 N–H and O–H groups in total. The molecule has 1 aliphatic rings. The lowest BCUT2D eigenvalue weighted by Gasteiger charge is -2.35. The summed E-state index contributed by atoms with van der Waals surface area (Å²) in [5.74, 6) is 0.847. The molecule has 0 aromatic heterocycles. The first-order valence-corrected chi connectivity index (χ1v) is 5.24. The van der Waals surface area contributed by atoms with Crippen molar-refractivity contribution >= 4 is 0 Å². The smallest absolute Gasteiger partial charge is 0.0170 e. The minimum absolute atomic E-state index is 0.426. The maximum atomic E-state index is 5.98. The van der Waals surface area contributed by atoms with Gasteiger partial charge in [-0.1, -0.05) is 20.3 Å². The Morgan fingerprint density at radius 3 is 2.67 bits per heavy atom. The van der Waals surface area contributed by atoms with Crippen molar-refractivity contribution in [1.82, 2.24) is 4.90 Å². The summed E-state index contributed by atoms with van der Waals surface area (Å²) in [5, 5.41) is 0. The SMILES string of the molecule is CCCN1CC(N)CC(CC)C1. The van der Waals surface area contributed by atoms with Crippen LogP contribution < -0.4 is 5.73 Å². The van der Waals surface area contributed by atoms with Gasteiger partial charge in [-0.2, -0.15) is 0 Å². The zero-order chi connectivity index (χ0) is 8.97. The summed E-state index contributed by atoms with van der Waals surface area (Å²) >= 11 is 0. The van der Waals surface area contributed by atoms with E-state index in [2.05, 4.69) is 18.7 Å². The normalized spacial score (nSPS) is 32.2. The molecule has 1 fully saturated rings. The predicted octanol–water partition coefficient (Wildman–Crippen LogP) is 1.46. The molecule has 0 aliphatic carbocycles. The fourth-order valence-electron chi connectivity index (χ4n) is 2.14. The van der Waals surface area contributed by atoms with E-state index in [9.17, 15) is 0 Å². The minimum atomic E-state index is 0.426. The lowest BCUT2D eigenvalue weighted by Crippen LogP contribution is -2.46. The Balaban J connectivity index is 2.34. The van der Waals surface area contributed by atoms with Crippen LogP contribution in [0.2, 0.25) is 0 Å². The molecule has 2 heteroatoms. The molecule has 2 atom stereocenters. The highest BCUT2D eigenvalue weighted by molar-refractivity contribution is 4.80. The summed E-state index contributed by atoms with van der Waals surface area (Å²) in [6.07, 6.45) is 3.77. The number of nitrogens with zero attached hydrogens (tertiary/aromatic N) is 1. The number of hydrogen-bond donors (Lipinski definition) is 1. The van der Waals surface area contributed by atoms with Crippen LogP contribution in [0.15, 0.2) is 0 Å². The molecule has 0 amide bonds. The lowest BCUT2D eigenvalue weighted by molar-refractivity contribution is 0.154. The summed E-state index contributed by atoms with van der Waals surface area (Å²) in [6.45, 7) is 8.13. The molecule has 2 unspecified atom stereocenters. The molecule has 1 saturated heterocycles. The van der Waals surface area contributed by atoms with Gasteiger partial charge in [-0.3, -0.25) is 0 Å². The van der Waals surface area contributed by atoms with Gasteiger partial charge in [0.2, 0.25) is 0 Å². The maximum absolute atomic E-state index is 5.98. The van der Waals surface area contributed by atoms with Crippen LogP contribution in [0, 0.1) is 5.92 Å². The second-order valence-electron chi connectivity index (χ2n) is 4.03. The first-order valence-electron chi connectivity index (χ1n) is 5.24. The minimum Gasteiger partial charge on any atom is -0.327 e. The molecule has 1 aliphatic heterocycles. The van der Waals surface area contributed by atoms with Gasteiger partial charge < -0.3 is 10.6 Å². The van der Waals surface area contributed by atoms with Crippen molar-refractivity contribution in [3.05, 3.63) is 0 Å². The first-order chi connectivity index (χ1) is 5.76. The Labute approximate surface area is 76.1 Å². The van der Waals surface area contributed by atoms with Gasteiger partial charge in [-0.15, -0.1) is 0 Å². The summed E-state index contributed by atoms with van der Waals surface area (Å²) < 4.78 is 0. The Hall–Kier alpha value is -0.0800. The zero-order valence-corrected chi connectivity index (χ0v) is 8.42. The third kappa shape index (κ3) is 2.76. The third-order valence-electron chi connectivity index (χ3n) is 2.76. The molecule has 0 radical (unpaired) electrons. The highest BCUT2D eigenvalue weighted by atomic mass is 15.1. The fraction of sp³-hybridized carbons (Fsp3) is 1.00. The third-order valence-corrected chi connectivity index (χ3v) is 2.76. The maximum Gasteiger partial charge on any atom is 0.0170 e. The van der Waals surface area contributed by atoms with Crippen molar-refractivity contribution in [2.45, 2.75) is 39.2 Å². The van der Waals surface area contributed by atoms with Crippen LogP contribution in [-0.2, 0) is 0 Å².